The van der Waals surface area contributed by atoms with Crippen molar-refractivity contribution in [2.45, 2.75) is 19.5 Å². The van der Waals surface area contributed by atoms with E-state index in [-0.39, 0.29) is 23.6 Å². The SMILES string of the molecule is COc1ccc(C)cc1/C(O)=C1\C(=O)C(=O)N(Cc2ccncc2)C1c1ccc(O)cc1. The van der Waals surface area contributed by atoms with Crippen molar-refractivity contribution in [3.8, 4) is 11.5 Å². The first-order valence-electron chi connectivity index (χ1n) is 10.0. The first-order valence-corrected chi connectivity index (χ1v) is 10.0. The molecule has 1 unspecified atom stereocenters. The predicted octanol–water partition coefficient (Wildman–Crippen LogP) is 3.73. The number of rotatable bonds is 5. The second kappa shape index (κ2) is 8.55. The zero-order valence-electron chi connectivity index (χ0n) is 17.6. The Morgan fingerprint density at radius 1 is 1.06 bits per heavy atom. The maximum absolute atomic E-state index is 13.1. The van der Waals surface area contributed by atoms with Gasteiger partial charge in [-0.25, -0.2) is 0 Å². The van der Waals surface area contributed by atoms with E-state index < -0.39 is 17.7 Å². The van der Waals surface area contributed by atoms with Gasteiger partial charge < -0.3 is 19.8 Å². The number of methoxy groups -OCH3 is 1. The molecule has 1 aliphatic rings. The molecule has 1 fully saturated rings. The molecule has 4 rings (SSSR count). The summed E-state index contributed by atoms with van der Waals surface area (Å²) in [4.78, 5) is 31.6. The highest BCUT2D eigenvalue weighted by molar-refractivity contribution is 6.46. The molecule has 1 saturated heterocycles. The molecule has 1 amide bonds. The van der Waals surface area contributed by atoms with Gasteiger partial charge in [0, 0.05) is 18.9 Å². The minimum atomic E-state index is -0.839. The predicted molar refractivity (Wildman–Crippen MR) is 118 cm³/mol. The number of Topliss-reactive ketones (excluding diaryl/α,β-unsaturated/α-hetero) is 1. The van der Waals surface area contributed by atoms with Crippen LogP contribution >= 0.6 is 0 Å². The maximum atomic E-state index is 13.1. The summed E-state index contributed by atoms with van der Waals surface area (Å²) in [5.41, 5.74) is 2.54. The smallest absolute Gasteiger partial charge is 0.295 e. The Bertz CT molecular complexity index is 1200. The lowest BCUT2D eigenvalue weighted by Crippen LogP contribution is -2.29. The van der Waals surface area contributed by atoms with Gasteiger partial charge in [-0.15, -0.1) is 0 Å². The number of aryl methyl sites for hydroxylation is 1. The Labute approximate surface area is 185 Å². The van der Waals surface area contributed by atoms with Crippen LogP contribution in [0, 0.1) is 6.92 Å². The third-order valence-electron chi connectivity index (χ3n) is 5.46. The van der Waals surface area contributed by atoms with Crippen LogP contribution in [0.5, 0.6) is 11.5 Å². The number of carbonyl (C=O) groups is 2. The van der Waals surface area contributed by atoms with Crippen molar-refractivity contribution >= 4 is 17.4 Å². The number of aliphatic hydroxyl groups excluding tert-OH is 1. The summed E-state index contributed by atoms with van der Waals surface area (Å²) in [6, 6.07) is 14.1. The number of phenolic OH excluding ortho intramolecular Hbond substituents is 1. The average Bonchev–Trinajstić information content (AvgIpc) is 3.04. The summed E-state index contributed by atoms with van der Waals surface area (Å²) < 4.78 is 5.38. The summed E-state index contributed by atoms with van der Waals surface area (Å²) in [7, 11) is 1.47. The topological polar surface area (TPSA) is 100.0 Å². The number of aromatic hydroxyl groups is 1. The number of phenols is 1. The molecule has 7 nitrogen and oxygen atoms in total. The molecule has 1 aliphatic heterocycles. The van der Waals surface area contributed by atoms with Gasteiger partial charge in [-0.05, 0) is 54.4 Å². The number of hydrogen-bond donors (Lipinski definition) is 2. The van der Waals surface area contributed by atoms with Gasteiger partial charge in [-0.2, -0.15) is 0 Å². The van der Waals surface area contributed by atoms with Gasteiger partial charge in [0.2, 0.25) is 0 Å². The van der Waals surface area contributed by atoms with E-state index in [0.29, 0.717) is 16.9 Å². The first-order chi connectivity index (χ1) is 15.4. The molecule has 2 N–H and O–H groups in total. The number of aromatic nitrogens is 1. The van der Waals surface area contributed by atoms with Crippen LogP contribution < -0.4 is 4.74 Å². The van der Waals surface area contributed by atoms with Gasteiger partial charge in [0.1, 0.15) is 17.3 Å². The zero-order valence-corrected chi connectivity index (χ0v) is 17.6. The molecule has 0 spiro atoms. The largest absolute Gasteiger partial charge is 0.508 e. The molecule has 0 saturated carbocycles. The standard InChI is InChI=1S/C25H22N2O5/c1-15-3-8-20(32-2)19(13-15)23(29)21-22(17-4-6-18(28)7-5-17)27(25(31)24(21)30)14-16-9-11-26-12-10-16/h3-13,22,28-29H,14H2,1-2H3/b23-21+. The van der Waals surface area contributed by atoms with Gasteiger partial charge in [0.15, 0.2) is 0 Å². The first kappa shape index (κ1) is 21.1. The Kier molecular flexibility index (Phi) is 5.64. The fourth-order valence-corrected chi connectivity index (χ4v) is 3.88. The van der Waals surface area contributed by atoms with Crippen LogP contribution in [-0.4, -0.2) is 38.9 Å². The van der Waals surface area contributed by atoms with Crippen LogP contribution in [0.1, 0.15) is 28.3 Å². The molecule has 7 heteroatoms. The second-order valence-corrected chi connectivity index (χ2v) is 7.58. The maximum Gasteiger partial charge on any atom is 0.295 e. The molecule has 0 bridgehead atoms. The van der Waals surface area contributed by atoms with Crippen LogP contribution in [0.25, 0.3) is 5.76 Å². The summed E-state index contributed by atoms with van der Waals surface area (Å²) in [6.07, 6.45) is 3.22. The van der Waals surface area contributed by atoms with Crippen LogP contribution in [0.3, 0.4) is 0 Å². The molecule has 0 aliphatic carbocycles. The quantitative estimate of drug-likeness (QED) is 0.364. The molecule has 3 aromatic rings. The number of ketones is 1. The van der Waals surface area contributed by atoms with Crippen molar-refractivity contribution in [2.24, 2.45) is 0 Å². The Hall–Kier alpha value is -4.13. The van der Waals surface area contributed by atoms with Crippen LogP contribution in [-0.2, 0) is 16.1 Å². The van der Waals surface area contributed by atoms with Crippen molar-refractivity contribution in [1.29, 1.82) is 0 Å². The molecule has 1 aromatic heterocycles. The Morgan fingerprint density at radius 2 is 1.75 bits per heavy atom. The number of carbonyl (C=O) groups excluding carboxylic acids is 2. The summed E-state index contributed by atoms with van der Waals surface area (Å²) in [5.74, 6) is -1.36. The Morgan fingerprint density at radius 3 is 2.41 bits per heavy atom. The minimum Gasteiger partial charge on any atom is -0.508 e. The zero-order chi connectivity index (χ0) is 22.8. The lowest BCUT2D eigenvalue weighted by atomic mass is 9.94. The van der Waals surface area contributed by atoms with Gasteiger partial charge >= 0.3 is 0 Å². The second-order valence-electron chi connectivity index (χ2n) is 7.58. The van der Waals surface area contributed by atoms with E-state index in [4.69, 9.17) is 4.74 Å². The van der Waals surface area contributed by atoms with Crippen molar-refractivity contribution < 1.29 is 24.5 Å². The molecule has 1 atom stereocenters. The normalized spacial score (nSPS) is 17.6. The van der Waals surface area contributed by atoms with Gasteiger partial charge in [0.05, 0.1) is 24.3 Å². The minimum absolute atomic E-state index is 0.0290. The molecular formula is C25H22N2O5. The van der Waals surface area contributed by atoms with E-state index >= 15 is 0 Å². The monoisotopic (exact) mass is 430 g/mol. The summed E-state index contributed by atoms with van der Waals surface area (Å²) in [6.45, 7) is 2.01. The fraction of sp³-hybridized carbons (Fsp3) is 0.160. The highest BCUT2D eigenvalue weighted by Crippen LogP contribution is 2.42. The summed E-state index contributed by atoms with van der Waals surface area (Å²) >= 11 is 0. The van der Waals surface area contributed by atoms with Crippen molar-refractivity contribution in [2.75, 3.05) is 7.11 Å². The van der Waals surface area contributed by atoms with Crippen molar-refractivity contribution in [3.63, 3.8) is 0 Å². The Balaban J connectivity index is 1.91. The van der Waals surface area contributed by atoms with E-state index in [0.717, 1.165) is 11.1 Å². The number of benzene rings is 2. The molecular weight excluding hydrogens is 408 g/mol. The van der Waals surface area contributed by atoms with Gasteiger partial charge in [0.25, 0.3) is 11.7 Å². The van der Waals surface area contributed by atoms with Crippen LogP contribution in [0.2, 0.25) is 0 Å². The number of amides is 1. The number of pyridine rings is 1. The molecule has 2 aromatic carbocycles. The lowest BCUT2D eigenvalue weighted by Gasteiger charge is -2.25. The van der Waals surface area contributed by atoms with Crippen molar-refractivity contribution in [1.82, 2.24) is 9.88 Å². The average molecular weight is 430 g/mol. The third-order valence-corrected chi connectivity index (χ3v) is 5.46. The molecule has 162 valence electrons. The molecule has 2 heterocycles. The number of aliphatic hydroxyl groups is 1. The van der Waals surface area contributed by atoms with E-state index in [9.17, 15) is 19.8 Å². The molecule has 0 radical (unpaired) electrons. The number of nitrogens with zero attached hydrogens (tertiary/aromatic N) is 2. The lowest BCUT2D eigenvalue weighted by molar-refractivity contribution is -0.140. The number of hydrogen-bond acceptors (Lipinski definition) is 6. The summed E-state index contributed by atoms with van der Waals surface area (Å²) in [5, 5.41) is 21.0. The number of likely N-dealkylation sites (tertiary alicyclic amines) is 1. The highest BCUT2D eigenvalue weighted by Gasteiger charge is 2.46. The van der Waals surface area contributed by atoms with E-state index in [1.807, 2.05) is 13.0 Å². The van der Waals surface area contributed by atoms with Gasteiger partial charge in [-0.1, -0.05) is 23.8 Å². The van der Waals surface area contributed by atoms with E-state index in [2.05, 4.69) is 4.98 Å². The highest BCUT2D eigenvalue weighted by atomic mass is 16.5. The third kappa shape index (κ3) is 3.80. The van der Waals surface area contributed by atoms with Crippen LogP contribution in [0.4, 0.5) is 0 Å². The van der Waals surface area contributed by atoms with Crippen molar-refractivity contribution in [3.05, 3.63) is 94.8 Å². The fourth-order valence-electron chi connectivity index (χ4n) is 3.88. The van der Waals surface area contributed by atoms with Crippen LogP contribution in [0.15, 0.2) is 72.6 Å². The van der Waals surface area contributed by atoms with Gasteiger partial charge in [-0.3, -0.25) is 14.6 Å². The number of ether oxygens (including phenoxy) is 1. The molecule has 32 heavy (non-hydrogen) atoms. The van der Waals surface area contributed by atoms with E-state index in [1.165, 1.54) is 24.1 Å². The van der Waals surface area contributed by atoms with E-state index in [1.54, 1.807) is 48.8 Å².